The highest BCUT2D eigenvalue weighted by Gasteiger charge is 2.21. The van der Waals surface area contributed by atoms with Crippen LogP contribution in [0.1, 0.15) is 16.1 Å². The van der Waals surface area contributed by atoms with Gasteiger partial charge in [0.1, 0.15) is 5.69 Å². The van der Waals surface area contributed by atoms with Gasteiger partial charge in [-0.3, -0.25) is 19.8 Å². The fraction of sp³-hybridized carbons (Fsp3) is 0.190. The summed E-state index contributed by atoms with van der Waals surface area (Å²) in [6, 6.07) is 12.0. The van der Waals surface area contributed by atoms with Gasteiger partial charge in [-0.1, -0.05) is 17.7 Å². The van der Waals surface area contributed by atoms with Crippen LogP contribution in [-0.2, 0) is 14.3 Å². The van der Waals surface area contributed by atoms with Crippen molar-refractivity contribution < 1.29 is 19.1 Å². The van der Waals surface area contributed by atoms with E-state index in [1.54, 1.807) is 30.3 Å². The molecule has 3 N–H and O–H groups in total. The van der Waals surface area contributed by atoms with Crippen molar-refractivity contribution in [2.24, 2.45) is 0 Å². The number of hydrogen-bond acceptors (Lipinski definition) is 4. The van der Waals surface area contributed by atoms with Crippen LogP contribution in [0.3, 0.4) is 0 Å². The SMILES string of the molecule is COCCNC(=O)C(=O)Nn1c(C(=O)Nc2ccc(C)cc2Br)cc2cc(Cl)ccc21. The van der Waals surface area contributed by atoms with Crippen molar-refractivity contribution >= 4 is 61.8 Å². The summed E-state index contributed by atoms with van der Waals surface area (Å²) in [5.41, 5.74) is 4.71. The molecule has 0 spiro atoms. The Labute approximate surface area is 192 Å². The van der Waals surface area contributed by atoms with Crippen molar-refractivity contribution in [1.82, 2.24) is 9.99 Å². The van der Waals surface area contributed by atoms with E-state index in [4.69, 9.17) is 16.3 Å². The molecule has 162 valence electrons. The van der Waals surface area contributed by atoms with Gasteiger partial charge in [0.2, 0.25) is 0 Å². The second kappa shape index (κ2) is 9.95. The van der Waals surface area contributed by atoms with Crippen LogP contribution in [0.5, 0.6) is 0 Å². The van der Waals surface area contributed by atoms with Gasteiger partial charge in [0.05, 0.1) is 17.8 Å². The minimum absolute atomic E-state index is 0.128. The summed E-state index contributed by atoms with van der Waals surface area (Å²) in [5, 5.41) is 6.34. The maximum absolute atomic E-state index is 13.0. The van der Waals surface area contributed by atoms with Crippen LogP contribution in [0.4, 0.5) is 5.69 Å². The predicted octanol–water partition coefficient (Wildman–Crippen LogP) is 3.45. The van der Waals surface area contributed by atoms with E-state index in [0.29, 0.717) is 26.1 Å². The number of aromatic nitrogens is 1. The minimum atomic E-state index is -0.922. The van der Waals surface area contributed by atoms with Gasteiger partial charge in [-0.15, -0.1) is 0 Å². The first-order valence-corrected chi connectivity index (χ1v) is 10.4. The number of aryl methyl sites for hydroxylation is 1. The molecule has 0 bridgehead atoms. The van der Waals surface area contributed by atoms with Gasteiger partial charge < -0.3 is 15.4 Å². The number of carbonyl (C=O) groups excluding carboxylic acids is 3. The van der Waals surface area contributed by atoms with Crippen molar-refractivity contribution in [2.75, 3.05) is 31.0 Å². The van der Waals surface area contributed by atoms with E-state index in [1.807, 2.05) is 19.1 Å². The molecule has 0 aliphatic carbocycles. The van der Waals surface area contributed by atoms with Gasteiger partial charge in [-0.05, 0) is 64.8 Å². The number of carbonyl (C=O) groups is 3. The molecule has 0 unspecified atom stereocenters. The molecule has 0 aliphatic heterocycles. The van der Waals surface area contributed by atoms with Crippen LogP contribution < -0.4 is 16.1 Å². The molecule has 31 heavy (non-hydrogen) atoms. The highest BCUT2D eigenvalue weighted by Crippen LogP contribution is 2.26. The molecule has 10 heteroatoms. The average molecular weight is 508 g/mol. The van der Waals surface area contributed by atoms with Crippen molar-refractivity contribution in [3.63, 3.8) is 0 Å². The van der Waals surface area contributed by atoms with Gasteiger partial charge >= 0.3 is 11.8 Å². The van der Waals surface area contributed by atoms with E-state index >= 15 is 0 Å². The van der Waals surface area contributed by atoms with E-state index in [0.717, 1.165) is 5.56 Å². The van der Waals surface area contributed by atoms with Gasteiger partial charge in [0.25, 0.3) is 5.91 Å². The van der Waals surface area contributed by atoms with Crippen LogP contribution in [0.25, 0.3) is 10.9 Å². The third-order valence-corrected chi connectivity index (χ3v) is 5.27. The van der Waals surface area contributed by atoms with Crippen molar-refractivity contribution in [2.45, 2.75) is 6.92 Å². The lowest BCUT2D eigenvalue weighted by Gasteiger charge is -2.13. The number of benzene rings is 2. The number of fused-ring (bicyclic) bond motifs is 1. The molecule has 3 aromatic rings. The molecule has 0 radical (unpaired) electrons. The number of nitrogens with zero attached hydrogens (tertiary/aromatic N) is 1. The Kier molecular flexibility index (Phi) is 7.32. The molecule has 3 amide bonds. The molecule has 0 atom stereocenters. The Morgan fingerprint density at radius 1 is 1.10 bits per heavy atom. The first-order chi connectivity index (χ1) is 14.8. The number of ether oxygens (including phenoxy) is 1. The molecule has 3 rings (SSSR count). The summed E-state index contributed by atoms with van der Waals surface area (Å²) in [5.74, 6) is -2.24. The Morgan fingerprint density at radius 2 is 1.87 bits per heavy atom. The fourth-order valence-electron chi connectivity index (χ4n) is 2.88. The average Bonchev–Trinajstić information content (AvgIpc) is 3.07. The first-order valence-electron chi connectivity index (χ1n) is 9.27. The van der Waals surface area contributed by atoms with Gasteiger partial charge in [-0.25, -0.2) is 4.68 Å². The summed E-state index contributed by atoms with van der Waals surface area (Å²) in [6.07, 6.45) is 0. The zero-order chi connectivity index (χ0) is 22.5. The molecule has 8 nitrogen and oxygen atoms in total. The molecule has 0 fully saturated rings. The summed E-state index contributed by atoms with van der Waals surface area (Å²) in [6.45, 7) is 2.38. The molecule has 1 heterocycles. The number of methoxy groups -OCH3 is 1. The third kappa shape index (κ3) is 5.43. The van der Waals surface area contributed by atoms with Crippen molar-refractivity contribution in [1.29, 1.82) is 0 Å². The Hall–Kier alpha value is -2.88. The molecule has 2 aromatic carbocycles. The third-order valence-electron chi connectivity index (χ3n) is 4.38. The lowest BCUT2D eigenvalue weighted by atomic mass is 10.2. The maximum atomic E-state index is 13.0. The largest absolute Gasteiger partial charge is 0.383 e. The number of anilines is 1. The second-order valence-corrected chi connectivity index (χ2v) is 7.99. The van der Waals surface area contributed by atoms with Crippen molar-refractivity contribution in [3.8, 4) is 0 Å². The van der Waals surface area contributed by atoms with Crippen LogP contribution in [-0.4, -0.2) is 42.7 Å². The number of rotatable bonds is 6. The predicted molar refractivity (Wildman–Crippen MR) is 123 cm³/mol. The second-order valence-electron chi connectivity index (χ2n) is 6.70. The lowest BCUT2D eigenvalue weighted by molar-refractivity contribution is -0.136. The number of hydrogen-bond donors (Lipinski definition) is 3. The monoisotopic (exact) mass is 506 g/mol. The normalized spacial score (nSPS) is 10.7. The highest BCUT2D eigenvalue weighted by molar-refractivity contribution is 9.10. The Morgan fingerprint density at radius 3 is 2.58 bits per heavy atom. The van der Waals surface area contributed by atoms with Crippen molar-refractivity contribution in [3.05, 3.63) is 63.2 Å². The molecule has 0 saturated carbocycles. The van der Waals surface area contributed by atoms with E-state index in [1.165, 1.54) is 11.8 Å². The Balaban J connectivity index is 1.92. The molecular weight excluding hydrogens is 488 g/mol. The molecule has 1 aromatic heterocycles. The van der Waals surface area contributed by atoms with Gasteiger partial charge in [0, 0.05) is 28.5 Å². The summed E-state index contributed by atoms with van der Waals surface area (Å²) >= 11 is 9.50. The standard InChI is InChI=1S/C21H20BrClN4O4/c1-12-3-5-16(15(22)9-12)25-19(28)18-11-13-10-14(23)4-6-17(13)27(18)26-21(30)20(29)24-7-8-31-2/h3-6,9-11H,7-8H2,1-2H3,(H,24,29)(H,25,28)(H,26,30). The highest BCUT2D eigenvalue weighted by atomic mass is 79.9. The summed E-state index contributed by atoms with van der Waals surface area (Å²) in [4.78, 5) is 37.5. The molecule has 0 aliphatic rings. The minimum Gasteiger partial charge on any atom is -0.383 e. The van der Waals surface area contributed by atoms with E-state index in [-0.39, 0.29) is 18.8 Å². The molecule has 0 saturated heterocycles. The van der Waals surface area contributed by atoms with E-state index in [2.05, 4.69) is 32.0 Å². The van der Waals surface area contributed by atoms with E-state index in [9.17, 15) is 14.4 Å². The van der Waals surface area contributed by atoms with Crippen LogP contribution >= 0.6 is 27.5 Å². The fourth-order valence-corrected chi connectivity index (χ4v) is 3.65. The number of amides is 3. The van der Waals surface area contributed by atoms with E-state index < -0.39 is 17.7 Å². The number of halogens is 2. The summed E-state index contributed by atoms with van der Waals surface area (Å²) in [7, 11) is 1.49. The lowest BCUT2D eigenvalue weighted by Crippen LogP contribution is -2.40. The van der Waals surface area contributed by atoms with Crippen LogP contribution in [0, 0.1) is 6.92 Å². The molecular formula is C21H20BrClN4O4. The smallest absolute Gasteiger partial charge is 0.328 e. The topological polar surface area (TPSA) is 101 Å². The quantitative estimate of drug-likeness (QED) is 0.351. The maximum Gasteiger partial charge on any atom is 0.328 e. The van der Waals surface area contributed by atoms with Gasteiger partial charge in [-0.2, -0.15) is 0 Å². The number of nitrogens with one attached hydrogen (secondary N) is 3. The van der Waals surface area contributed by atoms with Gasteiger partial charge in [0.15, 0.2) is 0 Å². The zero-order valence-electron chi connectivity index (χ0n) is 16.8. The Bertz CT molecular complexity index is 1160. The van der Waals surface area contributed by atoms with Crippen LogP contribution in [0.15, 0.2) is 46.9 Å². The first kappa shape index (κ1) is 22.8. The van der Waals surface area contributed by atoms with Crippen LogP contribution in [0.2, 0.25) is 5.02 Å². The summed E-state index contributed by atoms with van der Waals surface area (Å²) < 4.78 is 6.83. The zero-order valence-corrected chi connectivity index (χ0v) is 19.1.